The molecule has 3 nitrogen and oxygen atoms in total. The molecule has 1 saturated heterocycles. The maximum absolute atomic E-state index is 12.3. The summed E-state index contributed by atoms with van der Waals surface area (Å²) >= 11 is 0. The molecule has 1 atom stereocenters. The van der Waals surface area contributed by atoms with E-state index >= 15 is 0 Å². The summed E-state index contributed by atoms with van der Waals surface area (Å²) < 4.78 is 37.0. The Morgan fingerprint density at radius 1 is 1.30 bits per heavy atom. The number of amides is 1. The number of hydrogen-bond acceptors (Lipinski definition) is 2. The fourth-order valence-electron chi connectivity index (χ4n) is 2.46. The second-order valence-electron chi connectivity index (χ2n) is 5.13. The monoisotopic (exact) mass is 286 g/mol. The van der Waals surface area contributed by atoms with E-state index in [0.717, 1.165) is 21.7 Å². The first-order valence-corrected chi connectivity index (χ1v) is 6.46. The average molecular weight is 286 g/mol. The van der Waals surface area contributed by atoms with Gasteiger partial charge in [-0.25, -0.2) is 0 Å². The molecule has 20 heavy (non-hydrogen) atoms. The summed E-state index contributed by atoms with van der Waals surface area (Å²) in [6.45, 7) is 2.78. The van der Waals surface area contributed by atoms with Gasteiger partial charge in [0.05, 0.1) is 0 Å². The molecule has 1 amide bonds. The van der Waals surface area contributed by atoms with Crippen LogP contribution in [0.3, 0.4) is 0 Å². The number of alkyl halides is 3. The van der Waals surface area contributed by atoms with Gasteiger partial charge in [-0.15, -0.1) is 0 Å². The van der Waals surface area contributed by atoms with Gasteiger partial charge in [-0.2, -0.15) is 13.2 Å². The van der Waals surface area contributed by atoms with Crippen LogP contribution < -0.4 is 5.32 Å². The second-order valence-corrected chi connectivity index (χ2v) is 5.13. The van der Waals surface area contributed by atoms with Crippen molar-refractivity contribution in [2.75, 3.05) is 18.4 Å². The fraction of sp³-hybridized carbons (Fsp3) is 0.500. The zero-order valence-electron chi connectivity index (χ0n) is 11.4. The number of likely N-dealkylation sites (tertiary alicyclic amines) is 1. The molecular weight excluding hydrogens is 269 g/mol. The predicted molar refractivity (Wildman–Crippen MR) is 70.6 cm³/mol. The minimum atomic E-state index is -4.34. The molecule has 0 bridgehead atoms. The molecule has 1 unspecified atom stereocenters. The topological polar surface area (TPSA) is 32.3 Å². The normalized spacial score (nSPS) is 19.6. The quantitative estimate of drug-likeness (QED) is 0.926. The molecule has 2 rings (SSSR count). The average Bonchev–Trinajstić information content (AvgIpc) is 2.64. The minimum Gasteiger partial charge on any atom is -0.373 e. The Labute approximate surface area is 115 Å². The van der Waals surface area contributed by atoms with E-state index in [2.05, 4.69) is 5.32 Å². The van der Waals surface area contributed by atoms with E-state index in [0.29, 0.717) is 6.42 Å². The van der Waals surface area contributed by atoms with Crippen molar-refractivity contribution in [1.29, 1.82) is 0 Å². The van der Waals surface area contributed by atoms with Crippen molar-refractivity contribution in [2.45, 2.75) is 32.5 Å². The smallest absolute Gasteiger partial charge is 0.373 e. The highest BCUT2D eigenvalue weighted by atomic mass is 19.4. The molecule has 1 N–H and O–H groups in total. The van der Waals surface area contributed by atoms with Crippen LogP contribution in [-0.2, 0) is 4.79 Å². The molecule has 1 aromatic rings. The summed E-state index contributed by atoms with van der Waals surface area (Å²) in [5, 5.41) is 3.08. The second kappa shape index (κ2) is 5.34. The molecule has 0 aromatic heterocycles. The van der Waals surface area contributed by atoms with Crippen molar-refractivity contribution in [2.24, 2.45) is 0 Å². The van der Waals surface area contributed by atoms with Gasteiger partial charge in [-0.3, -0.25) is 4.79 Å². The van der Waals surface area contributed by atoms with Gasteiger partial charge in [0.2, 0.25) is 5.91 Å². The number of hydrogen-bond donors (Lipinski definition) is 1. The van der Waals surface area contributed by atoms with Crippen molar-refractivity contribution in [3.05, 3.63) is 29.3 Å². The molecule has 110 valence electrons. The lowest BCUT2D eigenvalue weighted by molar-refractivity contribution is -0.157. The van der Waals surface area contributed by atoms with Gasteiger partial charge >= 0.3 is 6.18 Å². The number of rotatable bonds is 3. The highest BCUT2D eigenvalue weighted by molar-refractivity contribution is 5.87. The minimum absolute atomic E-state index is 0.140. The molecule has 1 aliphatic rings. The SMILES string of the molecule is Cc1cccc(C)c1NC1CCN(CC(F)(F)F)C1=O. The number of anilines is 1. The molecule has 1 heterocycles. The van der Waals surface area contributed by atoms with E-state index in [-0.39, 0.29) is 6.54 Å². The Morgan fingerprint density at radius 2 is 1.90 bits per heavy atom. The Bertz CT molecular complexity index is 493. The number of benzene rings is 1. The van der Waals surface area contributed by atoms with Crippen LogP contribution in [0.15, 0.2) is 18.2 Å². The predicted octanol–water partition coefficient (Wildman–Crippen LogP) is 2.88. The van der Waals surface area contributed by atoms with E-state index in [1.165, 1.54) is 0 Å². The summed E-state index contributed by atoms with van der Waals surface area (Å²) in [4.78, 5) is 12.8. The number of nitrogens with one attached hydrogen (secondary N) is 1. The van der Waals surface area contributed by atoms with E-state index in [1.54, 1.807) is 0 Å². The summed E-state index contributed by atoms with van der Waals surface area (Å²) in [7, 11) is 0. The fourth-order valence-corrected chi connectivity index (χ4v) is 2.46. The molecule has 0 aliphatic carbocycles. The number of carbonyl (C=O) groups excluding carboxylic acids is 1. The lowest BCUT2D eigenvalue weighted by Gasteiger charge is -2.20. The van der Waals surface area contributed by atoms with Crippen LogP contribution in [0, 0.1) is 13.8 Å². The van der Waals surface area contributed by atoms with Gasteiger partial charge in [-0.05, 0) is 31.4 Å². The first-order chi connectivity index (χ1) is 9.28. The van der Waals surface area contributed by atoms with Gasteiger partial charge in [0.25, 0.3) is 0 Å². The molecule has 0 spiro atoms. The van der Waals surface area contributed by atoms with Crippen LogP contribution in [0.4, 0.5) is 18.9 Å². The maximum Gasteiger partial charge on any atom is 0.406 e. The molecule has 1 aliphatic heterocycles. The molecule has 0 radical (unpaired) electrons. The van der Waals surface area contributed by atoms with Crippen molar-refractivity contribution in [3.63, 3.8) is 0 Å². The third-order valence-corrected chi connectivity index (χ3v) is 3.47. The number of aryl methyl sites for hydroxylation is 2. The van der Waals surface area contributed by atoms with Gasteiger partial charge < -0.3 is 10.2 Å². The number of carbonyl (C=O) groups is 1. The highest BCUT2D eigenvalue weighted by Gasteiger charge is 2.39. The van der Waals surface area contributed by atoms with Crippen LogP contribution in [0.2, 0.25) is 0 Å². The molecule has 1 aromatic carbocycles. The van der Waals surface area contributed by atoms with Crippen molar-refractivity contribution >= 4 is 11.6 Å². The molecule has 0 saturated carbocycles. The van der Waals surface area contributed by atoms with Gasteiger partial charge in [-0.1, -0.05) is 18.2 Å². The van der Waals surface area contributed by atoms with Crippen LogP contribution in [0.1, 0.15) is 17.5 Å². The first-order valence-electron chi connectivity index (χ1n) is 6.46. The van der Waals surface area contributed by atoms with Crippen LogP contribution >= 0.6 is 0 Å². The van der Waals surface area contributed by atoms with Crippen LogP contribution in [0.5, 0.6) is 0 Å². The lowest BCUT2D eigenvalue weighted by atomic mass is 10.1. The Morgan fingerprint density at radius 3 is 2.45 bits per heavy atom. The summed E-state index contributed by atoms with van der Waals surface area (Å²) in [6, 6.07) is 5.14. The van der Waals surface area contributed by atoms with Crippen molar-refractivity contribution in [3.8, 4) is 0 Å². The highest BCUT2D eigenvalue weighted by Crippen LogP contribution is 2.25. The third-order valence-electron chi connectivity index (χ3n) is 3.47. The molecule has 6 heteroatoms. The van der Waals surface area contributed by atoms with Crippen molar-refractivity contribution in [1.82, 2.24) is 4.90 Å². The molecular formula is C14H17F3N2O. The third kappa shape index (κ3) is 3.23. The number of nitrogens with zero attached hydrogens (tertiary/aromatic N) is 1. The van der Waals surface area contributed by atoms with E-state index in [9.17, 15) is 18.0 Å². The maximum atomic E-state index is 12.3. The van der Waals surface area contributed by atoms with E-state index in [4.69, 9.17) is 0 Å². The van der Waals surface area contributed by atoms with E-state index < -0.39 is 24.7 Å². The summed E-state index contributed by atoms with van der Waals surface area (Å²) in [5.74, 6) is -0.482. The summed E-state index contributed by atoms with van der Waals surface area (Å²) in [5.41, 5.74) is 2.79. The van der Waals surface area contributed by atoms with E-state index in [1.807, 2.05) is 32.0 Å². The first kappa shape index (κ1) is 14.7. The van der Waals surface area contributed by atoms with Gasteiger partial charge in [0.15, 0.2) is 0 Å². The molecule has 1 fully saturated rings. The van der Waals surface area contributed by atoms with Crippen LogP contribution in [-0.4, -0.2) is 36.1 Å². The Balaban J connectivity index is 2.07. The van der Waals surface area contributed by atoms with Gasteiger partial charge in [0, 0.05) is 12.2 Å². The standard InChI is InChI=1S/C14H17F3N2O/c1-9-4-3-5-10(2)12(9)18-11-6-7-19(13(11)20)8-14(15,16)17/h3-5,11,18H,6-8H2,1-2H3. The number of para-hydroxylation sites is 1. The summed E-state index contributed by atoms with van der Waals surface area (Å²) in [6.07, 6.45) is -3.95. The Hall–Kier alpha value is -1.72. The van der Waals surface area contributed by atoms with Crippen molar-refractivity contribution < 1.29 is 18.0 Å². The largest absolute Gasteiger partial charge is 0.406 e. The Kier molecular flexibility index (Phi) is 3.92. The zero-order valence-corrected chi connectivity index (χ0v) is 11.4. The number of halogens is 3. The van der Waals surface area contributed by atoms with Crippen LogP contribution in [0.25, 0.3) is 0 Å². The van der Waals surface area contributed by atoms with Gasteiger partial charge in [0.1, 0.15) is 12.6 Å². The zero-order chi connectivity index (χ0) is 14.9. The lowest BCUT2D eigenvalue weighted by Crippen LogP contribution is -2.39.